The maximum absolute atomic E-state index is 12.3. The molecule has 0 aliphatic heterocycles. The van der Waals surface area contributed by atoms with E-state index in [-0.39, 0.29) is 23.7 Å². The average Bonchev–Trinajstić information content (AvgIpc) is 2.97. The van der Waals surface area contributed by atoms with Crippen LogP contribution in [0.15, 0.2) is 30.7 Å². The van der Waals surface area contributed by atoms with E-state index >= 15 is 0 Å². The fourth-order valence-corrected chi connectivity index (χ4v) is 2.27. The lowest BCUT2D eigenvalue weighted by Crippen LogP contribution is -2.27. The third kappa shape index (κ3) is 5.41. The van der Waals surface area contributed by atoms with Gasteiger partial charge in [-0.3, -0.25) is 19.9 Å². The quantitative estimate of drug-likeness (QED) is 0.804. The summed E-state index contributed by atoms with van der Waals surface area (Å²) in [4.78, 5) is 32.4. The minimum Gasteiger partial charge on any atom is -0.352 e. The fourth-order valence-electron chi connectivity index (χ4n) is 2.27. The van der Waals surface area contributed by atoms with Crippen molar-refractivity contribution in [1.82, 2.24) is 19.9 Å². The smallest absolute Gasteiger partial charge is 0.229 e. The molecule has 0 aliphatic carbocycles. The maximum Gasteiger partial charge on any atom is 0.229 e. The second-order valence-corrected chi connectivity index (χ2v) is 6.48. The molecule has 0 radical (unpaired) electrons. The molecule has 0 saturated heterocycles. The van der Waals surface area contributed by atoms with Crippen LogP contribution in [0, 0.1) is 11.8 Å². The van der Waals surface area contributed by atoms with Gasteiger partial charge >= 0.3 is 0 Å². The van der Waals surface area contributed by atoms with Crippen molar-refractivity contribution < 1.29 is 9.59 Å². The van der Waals surface area contributed by atoms with Gasteiger partial charge in [0.2, 0.25) is 17.8 Å². The molecule has 7 heteroatoms. The number of pyridine rings is 1. The largest absolute Gasteiger partial charge is 0.352 e. The number of nitrogens with one attached hydrogen (secondary N) is 2. The zero-order chi connectivity index (χ0) is 18.4. The van der Waals surface area contributed by atoms with Crippen molar-refractivity contribution in [3.05, 3.63) is 42.0 Å². The molecule has 7 nitrogen and oxygen atoms in total. The first-order valence-corrected chi connectivity index (χ1v) is 8.36. The van der Waals surface area contributed by atoms with Crippen LogP contribution < -0.4 is 10.6 Å². The Bertz CT molecular complexity index is 739. The van der Waals surface area contributed by atoms with Gasteiger partial charge in [0.1, 0.15) is 0 Å². The highest BCUT2D eigenvalue weighted by atomic mass is 16.2. The molecule has 1 unspecified atom stereocenters. The molecule has 25 heavy (non-hydrogen) atoms. The van der Waals surface area contributed by atoms with E-state index in [1.54, 1.807) is 23.2 Å². The normalized spacial score (nSPS) is 12.0. The maximum atomic E-state index is 12.3. The minimum atomic E-state index is -0.246. The van der Waals surface area contributed by atoms with E-state index in [4.69, 9.17) is 0 Å². The van der Waals surface area contributed by atoms with Gasteiger partial charge in [-0.15, -0.1) is 0 Å². The van der Waals surface area contributed by atoms with Crippen molar-refractivity contribution in [2.45, 2.75) is 33.7 Å². The molecule has 0 saturated carbocycles. The predicted octanol–water partition coefficient (Wildman–Crippen LogP) is 1.90. The molecule has 134 valence electrons. The van der Waals surface area contributed by atoms with E-state index in [0.29, 0.717) is 18.9 Å². The number of nitrogens with zero attached hydrogens (tertiary/aromatic N) is 3. The van der Waals surface area contributed by atoms with Crippen molar-refractivity contribution in [3.63, 3.8) is 0 Å². The van der Waals surface area contributed by atoms with Gasteiger partial charge in [0, 0.05) is 56.1 Å². The topological polar surface area (TPSA) is 88.9 Å². The first-order valence-electron chi connectivity index (χ1n) is 8.36. The Labute approximate surface area is 147 Å². The number of hydrogen-bond acceptors (Lipinski definition) is 4. The van der Waals surface area contributed by atoms with Gasteiger partial charge in [-0.1, -0.05) is 20.8 Å². The molecule has 2 aromatic heterocycles. The lowest BCUT2D eigenvalue weighted by atomic mass is 10.0. The van der Waals surface area contributed by atoms with Gasteiger partial charge in [0.05, 0.1) is 0 Å². The summed E-state index contributed by atoms with van der Waals surface area (Å²) in [5, 5.41) is 5.69. The highest BCUT2D eigenvalue weighted by Gasteiger charge is 2.16. The number of imidazole rings is 1. The summed E-state index contributed by atoms with van der Waals surface area (Å²) < 4.78 is 1.75. The van der Waals surface area contributed by atoms with E-state index in [1.807, 2.05) is 40.0 Å². The number of aromatic nitrogens is 3. The van der Waals surface area contributed by atoms with Crippen LogP contribution in [0.25, 0.3) is 0 Å². The van der Waals surface area contributed by atoms with Gasteiger partial charge in [0.25, 0.3) is 0 Å². The van der Waals surface area contributed by atoms with Crippen LogP contribution in [-0.4, -0.2) is 26.3 Å². The molecule has 1 atom stereocenters. The number of anilines is 1. The van der Waals surface area contributed by atoms with Crippen molar-refractivity contribution in [3.8, 4) is 0 Å². The molecule has 2 N–H and O–H groups in total. The number of aryl methyl sites for hydroxylation is 1. The summed E-state index contributed by atoms with van der Waals surface area (Å²) in [5.41, 5.74) is 1.79. The van der Waals surface area contributed by atoms with Crippen LogP contribution in [0.1, 0.15) is 32.0 Å². The predicted molar refractivity (Wildman–Crippen MR) is 95.6 cm³/mol. The highest BCUT2D eigenvalue weighted by molar-refractivity contribution is 5.90. The van der Waals surface area contributed by atoms with Crippen LogP contribution >= 0.6 is 0 Å². The molecule has 2 amide bonds. The molecule has 0 spiro atoms. The fraction of sp³-hybridized carbons (Fsp3) is 0.444. The third-order valence-corrected chi connectivity index (χ3v) is 3.89. The number of hydrogen-bond donors (Lipinski definition) is 2. The second-order valence-electron chi connectivity index (χ2n) is 6.48. The molecular formula is C18H25N5O2. The highest BCUT2D eigenvalue weighted by Crippen LogP contribution is 2.11. The lowest BCUT2D eigenvalue weighted by Gasteiger charge is -2.12. The van der Waals surface area contributed by atoms with Gasteiger partial charge < -0.3 is 9.88 Å². The minimum absolute atomic E-state index is 0.0150. The Hall–Kier alpha value is -2.70. The van der Waals surface area contributed by atoms with Crippen LogP contribution in [-0.2, 0) is 29.6 Å². The Kier molecular flexibility index (Phi) is 6.27. The summed E-state index contributed by atoms with van der Waals surface area (Å²) in [6, 6.07) is 3.79. The van der Waals surface area contributed by atoms with Crippen LogP contribution in [0.3, 0.4) is 0 Å². The Morgan fingerprint density at radius 3 is 2.56 bits per heavy atom. The summed E-state index contributed by atoms with van der Waals surface area (Å²) in [7, 11) is 1.82. The molecule has 0 fully saturated rings. The van der Waals surface area contributed by atoms with Gasteiger partial charge in [0.15, 0.2) is 0 Å². The van der Waals surface area contributed by atoms with E-state index in [9.17, 15) is 9.59 Å². The molecule has 2 aromatic rings. The zero-order valence-electron chi connectivity index (χ0n) is 15.1. The summed E-state index contributed by atoms with van der Waals surface area (Å²) in [6.45, 7) is 6.03. The van der Waals surface area contributed by atoms with Crippen molar-refractivity contribution in [1.29, 1.82) is 0 Å². The van der Waals surface area contributed by atoms with Crippen LogP contribution in [0.5, 0.6) is 0 Å². The van der Waals surface area contributed by atoms with Gasteiger partial charge in [-0.25, -0.2) is 4.98 Å². The van der Waals surface area contributed by atoms with Gasteiger partial charge in [-0.2, -0.15) is 0 Å². The Morgan fingerprint density at radius 2 is 1.92 bits per heavy atom. The van der Waals surface area contributed by atoms with E-state index < -0.39 is 0 Å². The summed E-state index contributed by atoms with van der Waals surface area (Å²) in [5.74, 6) is 0.145. The molecule has 0 bridgehead atoms. The summed E-state index contributed by atoms with van der Waals surface area (Å²) in [6.07, 6.45) is 5.63. The molecule has 2 heterocycles. The number of carbonyl (C=O) groups is 2. The first kappa shape index (κ1) is 18.6. The van der Waals surface area contributed by atoms with Crippen molar-refractivity contribution in [2.75, 3.05) is 5.32 Å². The van der Waals surface area contributed by atoms with E-state index in [0.717, 1.165) is 11.3 Å². The molecular weight excluding hydrogens is 318 g/mol. The van der Waals surface area contributed by atoms with Crippen LogP contribution in [0.2, 0.25) is 0 Å². The van der Waals surface area contributed by atoms with Crippen LogP contribution in [0.4, 0.5) is 5.95 Å². The number of amides is 2. The van der Waals surface area contributed by atoms with Gasteiger partial charge in [-0.05, 0) is 17.7 Å². The Balaban J connectivity index is 1.93. The number of rotatable bonds is 7. The zero-order valence-corrected chi connectivity index (χ0v) is 15.1. The lowest BCUT2D eigenvalue weighted by molar-refractivity contribution is -0.124. The average molecular weight is 343 g/mol. The monoisotopic (exact) mass is 343 g/mol. The van der Waals surface area contributed by atoms with Crippen molar-refractivity contribution >= 4 is 17.8 Å². The van der Waals surface area contributed by atoms with Crippen molar-refractivity contribution in [2.24, 2.45) is 18.9 Å². The first-order chi connectivity index (χ1) is 11.9. The second kappa shape index (κ2) is 8.41. The summed E-state index contributed by atoms with van der Waals surface area (Å²) >= 11 is 0. The molecule has 2 rings (SSSR count). The SMILES string of the molecule is CC(C)C(=O)NCc1ccnc(CC(C)C(=O)Nc2nccn2C)c1. The molecule has 0 aliphatic rings. The Morgan fingerprint density at radius 1 is 1.16 bits per heavy atom. The number of carbonyl (C=O) groups excluding carboxylic acids is 2. The van der Waals surface area contributed by atoms with E-state index in [1.165, 1.54) is 0 Å². The standard InChI is InChI=1S/C18H25N5O2/c1-12(2)16(24)21-11-14-5-6-19-15(10-14)9-13(3)17(25)22-18-20-7-8-23(18)4/h5-8,10,12-13H,9,11H2,1-4H3,(H,21,24)(H,20,22,25). The third-order valence-electron chi connectivity index (χ3n) is 3.89. The molecule has 0 aromatic carbocycles. The van der Waals surface area contributed by atoms with E-state index in [2.05, 4.69) is 20.6 Å².